The summed E-state index contributed by atoms with van der Waals surface area (Å²) in [6.07, 6.45) is 1.74. The first-order chi connectivity index (χ1) is 13.0. The highest BCUT2D eigenvalue weighted by atomic mass is 35.5. The minimum atomic E-state index is 0.447. The van der Waals surface area contributed by atoms with Crippen LogP contribution in [0.4, 0.5) is 23.1 Å². The van der Waals surface area contributed by atoms with E-state index in [4.69, 9.17) is 23.2 Å². The molecule has 0 unspecified atom stereocenters. The third kappa shape index (κ3) is 3.67. The molecule has 0 spiro atoms. The number of rotatable bonds is 4. The number of anilines is 4. The van der Waals surface area contributed by atoms with Gasteiger partial charge in [0.05, 0.1) is 11.6 Å². The van der Waals surface area contributed by atoms with E-state index in [0.29, 0.717) is 27.5 Å². The molecule has 0 bridgehead atoms. The topological polar surface area (TPSA) is 67.7 Å². The number of benzene rings is 2. The molecular formula is C19H16Cl2N6. The molecule has 0 amide bonds. The van der Waals surface area contributed by atoms with E-state index in [1.807, 2.05) is 56.4 Å². The highest BCUT2D eigenvalue weighted by molar-refractivity contribution is 6.31. The quantitative estimate of drug-likeness (QED) is 0.477. The van der Waals surface area contributed by atoms with Gasteiger partial charge >= 0.3 is 0 Å². The predicted octanol–water partition coefficient (Wildman–Crippen LogP) is 5.47. The zero-order chi connectivity index (χ0) is 19.0. The van der Waals surface area contributed by atoms with Crippen LogP contribution in [0.15, 0.2) is 48.7 Å². The first-order valence-electron chi connectivity index (χ1n) is 8.25. The second-order valence-corrected chi connectivity index (χ2v) is 6.97. The van der Waals surface area contributed by atoms with Gasteiger partial charge in [0.2, 0.25) is 5.95 Å². The lowest BCUT2D eigenvalue weighted by Crippen LogP contribution is -2.03. The van der Waals surface area contributed by atoms with Crippen molar-refractivity contribution in [3.63, 3.8) is 0 Å². The van der Waals surface area contributed by atoms with Crippen molar-refractivity contribution in [2.75, 3.05) is 10.6 Å². The Balaban J connectivity index is 1.73. The van der Waals surface area contributed by atoms with Crippen LogP contribution in [0.25, 0.3) is 11.0 Å². The van der Waals surface area contributed by atoms with E-state index in [1.54, 1.807) is 10.9 Å². The maximum Gasteiger partial charge on any atom is 0.231 e. The van der Waals surface area contributed by atoms with Crippen molar-refractivity contribution in [3.05, 3.63) is 64.3 Å². The number of aryl methyl sites for hydroxylation is 2. The van der Waals surface area contributed by atoms with E-state index in [0.717, 1.165) is 22.3 Å². The summed E-state index contributed by atoms with van der Waals surface area (Å²) < 4.78 is 1.71. The molecule has 8 heteroatoms. The molecule has 2 N–H and O–H groups in total. The Hall–Kier alpha value is -2.83. The molecule has 0 aliphatic rings. The Morgan fingerprint density at radius 2 is 1.67 bits per heavy atom. The standard InChI is InChI=1S/C19H16Cl2N6/c1-11-3-6-14(9-16(11)21)24-19-25-17(15-10-22-27(2)18(15)26-19)23-13-7-4-12(20)5-8-13/h3-10H,1-2H3,(H2,23,24,25,26). The summed E-state index contributed by atoms with van der Waals surface area (Å²) in [5.74, 6) is 1.10. The fourth-order valence-electron chi connectivity index (χ4n) is 2.64. The largest absolute Gasteiger partial charge is 0.339 e. The molecule has 0 atom stereocenters. The van der Waals surface area contributed by atoms with Gasteiger partial charge in [0, 0.05) is 28.5 Å². The van der Waals surface area contributed by atoms with Gasteiger partial charge < -0.3 is 10.6 Å². The van der Waals surface area contributed by atoms with Crippen molar-refractivity contribution in [2.24, 2.45) is 7.05 Å². The van der Waals surface area contributed by atoms with Crippen molar-refractivity contribution in [2.45, 2.75) is 6.92 Å². The predicted molar refractivity (Wildman–Crippen MR) is 111 cm³/mol. The van der Waals surface area contributed by atoms with Crippen molar-refractivity contribution < 1.29 is 0 Å². The average molecular weight is 399 g/mol. The molecule has 136 valence electrons. The highest BCUT2D eigenvalue weighted by Gasteiger charge is 2.12. The summed E-state index contributed by atoms with van der Waals surface area (Å²) in [6, 6.07) is 13.1. The summed E-state index contributed by atoms with van der Waals surface area (Å²) in [7, 11) is 1.84. The van der Waals surface area contributed by atoms with Crippen molar-refractivity contribution in [1.29, 1.82) is 0 Å². The molecule has 0 radical (unpaired) electrons. The van der Waals surface area contributed by atoms with Gasteiger partial charge in [-0.1, -0.05) is 29.3 Å². The van der Waals surface area contributed by atoms with E-state index in [2.05, 4.69) is 25.7 Å². The van der Waals surface area contributed by atoms with Crippen LogP contribution in [0.2, 0.25) is 10.0 Å². The normalized spacial score (nSPS) is 11.0. The molecule has 4 rings (SSSR count). The average Bonchev–Trinajstić information content (AvgIpc) is 3.02. The molecule has 0 saturated heterocycles. The zero-order valence-corrected chi connectivity index (χ0v) is 16.2. The zero-order valence-electron chi connectivity index (χ0n) is 14.7. The Kier molecular flexibility index (Phi) is 4.59. The molecule has 0 saturated carbocycles. The molecule has 27 heavy (non-hydrogen) atoms. The maximum atomic E-state index is 6.22. The van der Waals surface area contributed by atoms with Gasteiger partial charge in [0.1, 0.15) is 5.82 Å². The minimum absolute atomic E-state index is 0.447. The van der Waals surface area contributed by atoms with Crippen molar-refractivity contribution in [3.8, 4) is 0 Å². The number of nitrogens with zero attached hydrogens (tertiary/aromatic N) is 4. The van der Waals surface area contributed by atoms with E-state index in [9.17, 15) is 0 Å². The fourth-order valence-corrected chi connectivity index (χ4v) is 2.95. The number of aromatic nitrogens is 4. The summed E-state index contributed by atoms with van der Waals surface area (Å²) in [6.45, 7) is 1.96. The molecule has 0 fully saturated rings. The smallest absolute Gasteiger partial charge is 0.231 e. The maximum absolute atomic E-state index is 6.22. The van der Waals surface area contributed by atoms with Crippen LogP contribution in [-0.2, 0) is 7.05 Å². The lowest BCUT2D eigenvalue weighted by molar-refractivity contribution is 0.786. The molecule has 4 aromatic rings. The van der Waals surface area contributed by atoms with Crippen LogP contribution in [0.5, 0.6) is 0 Å². The Labute approximate surface area is 166 Å². The number of nitrogens with one attached hydrogen (secondary N) is 2. The molecule has 0 aliphatic heterocycles. The first-order valence-corrected chi connectivity index (χ1v) is 9.01. The van der Waals surface area contributed by atoms with Crippen LogP contribution in [-0.4, -0.2) is 19.7 Å². The lowest BCUT2D eigenvalue weighted by Gasteiger charge is -2.11. The van der Waals surface area contributed by atoms with Crippen LogP contribution in [0.3, 0.4) is 0 Å². The van der Waals surface area contributed by atoms with Gasteiger partial charge in [-0.25, -0.2) is 0 Å². The summed E-state index contributed by atoms with van der Waals surface area (Å²) in [5, 5.41) is 13.0. The molecule has 6 nitrogen and oxygen atoms in total. The van der Waals surface area contributed by atoms with E-state index < -0.39 is 0 Å². The molecular weight excluding hydrogens is 383 g/mol. The molecule has 0 aliphatic carbocycles. The second-order valence-electron chi connectivity index (χ2n) is 6.12. The third-order valence-electron chi connectivity index (χ3n) is 4.13. The van der Waals surface area contributed by atoms with E-state index in [1.165, 1.54) is 0 Å². The Morgan fingerprint density at radius 1 is 0.926 bits per heavy atom. The van der Waals surface area contributed by atoms with Crippen molar-refractivity contribution >= 4 is 57.4 Å². The summed E-state index contributed by atoms with van der Waals surface area (Å²) in [4.78, 5) is 9.19. The summed E-state index contributed by atoms with van der Waals surface area (Å²) in [5.41, 5.74) is 3.40. The van der Waals surface area contributed by atoms with Gasteiger partial charge in [-0.05, 0) is 48.9 Å². The number of hydrogen-bond acceptors (Lipinski definition) is 5. The number of hydrogen-bond donors (Lipinski definition) is 2. The third-order valence-corrected chi connectivity index (χ3v) is 4.79. The molecule has 2 aromatic heterocycles. The molecule has 2 heterocycles. The van der Waals surface area contributed by atoms with Crippen LogP contribution < -0.4 is 10.6 Å². The summed E-state index contributed by atoms with van der Waals surface area (Å²) >= 11 is 12.2. The van der Waals surface area contributed by atoms with Gasteiger partial charge in [-0.3, -0.25) is 4.68 Å². The Bertz CT molecular complexity index is 1120. The number of halogens is 2. The van der Waals surface area contributed by atoms with Crippen LogP contribution in [0, 0.1) is 6.92 Å². The second kappa shape index (κ2) is 7.06. The first kappa shape index (κ1) is 17.6. The Morgan fingerprint density at radius 3 is 2.41 bits per heavy atom. The minimum Gasteiger partial charge on any atom is -0.339 e. The lowest BCUT2D eigenvalue weighted by atomic mass is 10.2. The monoisotopic (exact) mass is 398 g/mol. The van der Waals surface area contributed by atoms with Gasteiger partial charge in [-0.15, -0.1) is 0 Å². The van der Waals surface area contributed by atoms with Gasteiger partial charge in [0.25, 0.3) is 0 Å². The van der Waals surface area contributed by atoms with Crippen LogP contribution >= 0.6 is 23.2 Å². The van der Waals surface area contributed by atoms with Gasteiger partial charge in [0.15, 0.2) is 5.65 Å². The highest BCUT2D eigenvalue weighted by Crippen LogP contribution is 2.27. The van der Waals surface area contributed by atoms with Crippen LogP contribution in [0.1, 0.15) is 5.56 Å². The SMILES string of the molecule is Cc1ccc(Nc2nc(Nc3ccc(Cl)cc3)c3cnn(C)c3n2)cc1Cl. The number of fused-ring (bicyclic) bond motifs is 1. The van der Waals surface area contributed by atoms with E-state index in [-0.39, 0.29) is 0 Å². The van der Waals surface area contributed by atoms with Crippen molar-refractivity contribution in [1.82, 2.24) is 19.7 Å². The van der Waals surface area contributed by atoms with Gasteiger partial charge in [-0.2, -0.15) is 15.1 Å². The van der Waals surface area contributed by atoms with E-state index >= 15 is 0 Å². The molecule has 2 aromatic carbocycles. The fraction of sp³-hybridized carbons (Fsp3) is 0.105.